The van der Waals surface area contributed by atoms with Crippen molar-refractivity contribution >= 4 is 98.5 Å². The molecular formula is C78H98N6O11S3. The van der Waals surface area contributed by atoms with Gasteiger partial charge in [-0.2, -0.15) is 0 Å². The van der Waals surface area contributed by atoms with Gasteiger partial charge in [-0.05, 0) is 181 Å². The molecule has 2 N–H and O–H groups in total. The summed E-state index contributed by atoms with van der Waals surface area (Å²) < 4.78 is 10.3. The molecule has 6 aliphatic rings. The normalized spacial score (nSPS) is 21.6. The van der Waals surface area contributed by atoms with Crippen molar-refractivity contribution in [2.24, 2.45) is 35.5 Å². The van der Waals surface area contributed by atoms with E-state index in [9.17, 15) is 43.5 Å². The minimum absolute atomic E-state index is 0.0346. The Morgan fingerprint density at radius 3 is 0.959 bits per heavy atom. The molecule has 3 aromatic carbocycles. The maximum atomic E-state index is 14.0. The number of rotatable bonds is 15. The maximum absolute atomic E-state index is 14.0. The van der Waals surface area contributed by atoms with Gasteiger partial charge in [0.25, 0.3) is 0 Å². The highest BCUT2D eigenvalue weighted by Gasteiger charge is 2.41. The predicted octanol–water partition coefficient (Wildman–Crippen LogP) is 15.8. The molecule has 3 aliphatic heterocycles. The molecule has 0 spiro atoms. The summed E-state index contributed by atoms with van der Waals surface area (Å²) in [5.74, 6) is 0.536. The average molecular weight is 1390 g/mol. The van der Waals surface area contributed by atoms with Crippen molar-refractivity contribution in [2.45, 2.75) is 168 Å². The van der Waals surface area contributed by atoms with Crippen molar-refractivity contribution in [1.29, 1.82) is 0 Å². The number of methoxy groups -OCH3 is 2. The van der Waals surface area contributed by atoms with Gasteiger partial charge in [0.1, 0.15) is 14.6 Å². The molecule has 0 bridgehead atoms. The Morgan fingerprint density at radius 2 is 0.684 bits per heavy atom. The maximum Gasteiger partial charge on any atom is 0.350 e. The van der Waals surface area contributed by atoms with E-state index in [-0.39, 0.29) is 76.3 Å². The van der Waals surface area contributed by atoms with Crippen LogP contribution in [-0.4, -0.2) is 134 Å². The Balaban J connectivity index is 0.000000159. The molecule has 17 nitrogen and oxygen atoms in total. The number of aromatic carboxylic acids is 1. The van der Waals surface area contributed by atoms with Crippen molar-refractivity contribution in [1.82, 2.24) is 15.1 Å². The standard InChI is InChI=1S/C27H34N2O4S.C26H32N2O4S.C25H32N2O3S/c1-18-9-11-21(12-10-18)26(31)29(22-13-15-28(16-14-22)19(2)30)23-17-24(20-7-5-4-6-8-20)34-25(23)27(32)33-3;1-17-8-10-20(11-9-17)25(30)28(21-12-14-27(15-13-21)18(2)29)22-16-23(33-24(22)26(31)32)19-6-4-3-5-7-19;1-17-8-10-19(11-9-17)24(28)27(20-12-14-26-15-13-20)21-16-22(18-6-4-3-5-7-18)31-23(21)25(29)30-2/h4-8,17-18,21-22H,9-16H2,1-3H3;3-7,16-17,20-21H,8-15H2,1-2H3,(H,31,32);3-7,16-17,19-20,26H,8-15H2,1-2H3. The van der Waals surface area contributed by atoms with E-state index in [0.717, 1.165) is 140 Å². The first-order chi connectivity index (χ1) is 47.3. The van der Waals surface area contributed by atoms with Crippen molar-refractivity contribution in [3.63, 3.8) is 0 Å². The number of benzene rings is 3. The Hall–Kier alpha value is -7.52. The smallest absolute Gasteiger partial charge is 0.350 e. The molecule has 98 heavy (non-hydrogen) atoms. The van der Waals surface area contributed by atoms with E-state index in [1.54, 1.807) is 18.7 Å². The first kappa shape index (κ1) is 73.2. The van der Waals surface area contributed by atoms with Crippen molar-refractivity contribution in [3.8, 4) is 31.3 Å². The summed E-state index contributed by atoms with van der Waals surface area (Å²) in [6.45, 7) is 14.1. The third kappa shape index (κ3) is 17.9. The van der Waals surface area contributed by atoms with Crippen LogP contribution in [0.1, 0.15) is 179 Å². The lowest BCUT2D eigenvalue weighted by atomic mass is 9.82. The van der Waals surface area contributed by atoms with Crippen LogP contribution in [0.3, 0.4) is 0 Å². The van der Waals surface area contributed by atoms with E-state index in [2.05, 4.69) is 26.1 Å². The average Bonchev–Trinajstić information content (AvgIpc) is 1.60. The number of anilines is 3. The monoisotopic (exact) mass is 1390 g/mol. The van der Waals surface area contributed by atoms with E-state index < -0.39 is 11.9 Å². The van der Waals surface area contributed by atoms with Crippen LogP contribution >= 0.6 is 34.0 Å². The van der Waals surface area contributed by atoms with E-state index in [1.807, 2.05) is 129 Å². The summed E-state index contributed by atoms with van der Waals surface area (Å²) in [7, 11) is 2.79. The fourth-order valence-electron chi connectivity index (χ4n) is 15.1. The quantitative estimate of drug-likeness (QED) is 0.0922. The number of nitrogens with one attached hydrogen (secondary N) is 1. The molecule has 6 fully saturated rings. The minimum Gasteiger partial charge on any atom is -0.477 e. The topological polar surface area (TPSA) is 203 Å². The summed E-state index contributed by atoms with van der Waals surface area (Å²) >= 11 is 4.02. The first-order valence-corrected chi connectivity index (χ1v) is 38.0. The van der Waals surface area contributed by atoms with Crippen molar-refractivity contribution in [3.05, 3.63) is 124 Å². The number of carbonyl (C=O) groups excluding carboxylic acids is 7. The second-order valence-corrected chi connectivity index (χ2v) is 31.0. The second-order valence-electron chi connectivity index (χ2n) is 27.8. The van der Waals surface area contributed by atoms with Gasteiger partial charge in [0.2, 0.25) is 29.5 Å². The Kier molecular flexibility index (Phi) is 25.8. The number of carboxylic acids is 1. The molecular weight excluding hydrogens is 1290 g/mol. The number of hydrogen-bond acceptors (Lipinski definition) is 14. The van der Waals surface area contributed by atoms with Crippen LogP contribution in [0.2, 0.25) is 0 Å². The van der Waals surface area contributed by atoms with Crippen LogP contribution in [-0.2, 0) is 33.4 Å². The van der Waals surface area contributed by atoms with E-state index in [4.69, 9.17) is 9.47 Å². The third-order valence-electron chi connectivity index (χ3n) is 21.1. The van der Waals surface area contributed by atoms with Gasteiger partial charge in [0.05, 0.1) is 31.3 Å². The van der Waals surface area contributed by atoms with Crippen LogP contribution < -0.4 is 20.0 Å². The predicted molar refractivity (Wildman–Crippen MR) is 391 cm³/mol. The zero-order chi connectivity index (χ0) is 69.6. The number of carbonyl (C=O) groups is 8. The van der Waals surface area contributed by atoms with Crippen molar-refractivity contribution in [2.75, 3.05) is 68.2 Å². The molecule has 3 saturated heterocycles. The van der Waals surface area contributed by atoms with Gasteiger partial charge in [0.15, 0.2) is 0 Å². The number of ether oxygens (including phenoxy) is 2. The number of thiophene rings is 3. The summed E-state index contributed by atoms with van der Waals surface area (Å²) in [5, 5.41) is 13.4. The van der Waals surface area contributed by atoms with Gasteiger partial charge in [-0.25, -0.2) is 14.4 Å². The molecule has 5 amide bonds. The lowest BCUT2D eigenvalue weighted by Gasteiger charge is -2.40. The highest BCUT2D eigenvalue weighted by atomic mass is 32.1. The molecule has 6 aromatic rings. The SMILES string of the molecule is CC(=O)N1CCC(N(C(=O)C2CCC(C)CC2)c2cc(-c3ccccc3)sc2C(=O)O)CC1.COC(=O)c1sc(-c2ccccc2)cc1N(C(=O)C1CCC(C)CC1)C1CCN(C(C)=O)CC1.COC(=O)c1sc(-c2ccccc2)cc1N(C(=O)C1CCC(C)CC1)C1CCNCC1. The number of carboxylic acid groups (broad SMARTS) is 1. The van der Waals surface area contributed by atoms with Crippen LogP contribution in [0.5, 0.6) is 0 Å². The zero-order valence-electron chi connectivity index (χ0n) is 58.0. The van der Waals surface area contributed by atoms with Gasteiger partial charge in [-0.1, -0.05) is 112 Å². The zero-order valence-corrected chi connectivity index (χ0v) is 60.5. The molecule has 3 saturated carbocycles. The molecule has 524 valence electrons. The van der Waals surface area contributed by atoms with Crippen LogP contribution in [0.15, 0.2) is 109 Å². The molecule has 3 aliphatic carbocycles. The highest BCUT2D eigenvalue weighted by molar-refractivity contribution is 7.18. The Morgan fingerprint density at radius 1 is 0.408 bits per heavy atom. The van der Waals surface area contributed by atoms with E-state index >= 15 is 0 Å². The number of amides is 5. The minimum atomic E-state index is -1.01. The van der Waals surface area contributed by atoms with Crippen LogP contribution in [0.25, 0.3) is 31.3 Å². The lowest BCUT2D eigenvalue weighted by Crippen LogP contribution is -2.50. The van der Waals surface area contributed by atoms with Gasteiger partial charge in [-0.3, -0.25) is 24.0 Å². The third-order valence-corrected chi connectivity index (χ3v) is 24.5. The molecule has 0 radical (unpaired) electrons. The number of esters is 2. The molecule has 20 heteroatoms. The number of hydrogen-bond donors (Lipinski definition) is 2. The van der Waals surface area contributed by atoms with Gasteiger partial charge >= 0.3 is 17.9 Å². The largest absolute Gasteiger partial charge is 0.477 e. The van der Waals surface area contributed by atoms with Gasteiger partial charge in [0, 0.05) is 90.5 Å². The Labute approximate surface area is 590 Å². The number of likely N-dealkylation sites (tertiary alicyclic amines) is 2. The highest BCUT2D eigenvalue weighted by Crippen LogP contribution is 2.45. The van der Waals surface area contributed by atoms with Crippen molar-refractivity contribution < 1.29 is 52.9 Å². The summed E-state index contributed by atoms with van der Waals surface area (Å²) in [6.07, 6.45) is 16.2. The molecule has 6 heterocycles. The Bertz CT molecular complexity index is 3680. The number of piperidine rings is 3. The van der Waals surface area contributed by atoms with Gasteiger partial charge in [-0.15, -0.1) is 34.0 Å². The fourth-order valence-corrected chi connectivity index (χ4v) is 18.2. The summed E-state index contributed by atoms with van der Waals surface area (Å²) in [6, 6.07) is 35.5. The molecule has 0 unspecified atom stereocenters. The first-order valence-electron chi connectivity index (χ1n) is 35.5. The molecule has 0 atom stereocenters. The molecule has 3 aromatic heterocycles. The lowest BCUT2D eigenvalue weighted by molar-refractivity contribution is -0.131. The number of nitrogens with zero attached hydrogens (tertiary/aromatic N) is 5. The van der Waals surface area contributed by atoms with Gasteiger partial charge < -0.3 is 44.4 Å². The van der Waals surface area contributed by atoms with E-state index in [1.165, 1.54) is 48.2 Å². The fraction of sp³-hybridized carbons (Fsp3) is 0.513. The molecule has 12 rings (SSSR count). The van der Waals surface area contributed by atoms with Crippen LogP contribution in [0.4, 0.5) is 17.1 Å². The second kappa shape index (κ2) is 34.5. The summed E-state index contributed by atoms with van der Waals surface area (Å²) in [4.78, 5) is 117. The van der Waals surface area contributed by atoms with Crippen LogP contribution in [0, 0.1) is 35.5 Å². The van der Waals surface area contributed by atoms with E-state index in [0.29, 0.717) is 90.7 Å². The summed E-state index contributed by atoms with van der Waals surface area (Å²) in [5.41, 5.74) is 4.90.